The van der Waals surface area contributed by atoms with E-state index in [9.17, 15) is 9.59 Å². The summed E-state index contributed by atoms with van der Waals surface area (Å²) in [6.07, 6.45) is -0.662. The lowest BCUT2D eigenvalue weighted by atomic mass is 10.2. The Kier molecular flexibility index (Phi) is 5.19. The Bertz CT molecular complexity index is 698. The van der Waals surface area contributed by atoms with Gasteiger partial charge in [-0.15, -0.1) is 0 Å². The lowest BCUT2D eigenvalue weighted by Gasteiger charge is -2.15. The van der Waals surface area contributed by atoms with E-state index in [2.05, 4.69) is 10.6 Å². The number of nitrogens with one attached hydrogen (secondary N) is 2. The molecule has 0 heterocycles. The first-order chi connectivity index (χ1) is 10.9. The summed E-state index contributed by atoms with van der Waals surface area (Å²) >= 11 is 0. The SMILES string of the molecule is Cc1ccc(OC(C)C(=O)Nc2cccc(NC(N)=O)c2)cc1. The zero-order valence-corrected chi connectivity index (χ0v) is 13.0. The van der Waals surface area contributed by atoms with Crippen molar-refractivity contribution in [1.29, 1.82) is 0 Å². The van der Waals surface area contributed by atoms with E-state index < -0.39 is 12.1 Å². The molecule has 6 nitrogen and oxygen atoms in total. The van der Waals surface area contributed by atoms with Crippen LogP contribution in [0.5, 0.6) is 5.75 Å². The average Bonchev–Trinajstić information content (AvgIpc) is 2.49. The molecule has 0 radical (unpaired) electrons. The van der Waals surface area contributed by atoms with Gasteiger partial charge in [0.25, 0.3) is 5.91 Å². The first-order valence-corrected chi connectivity index (χ1v) is 7.15. The van der Waals surface area contributed by atoms with E-state index in [1.54, 1.807) is 31.2 Å². The fraction of sp³-hybridized carbons (Fsp3) is 0.176. The molecule has 0 saturated heterocycles. The molecule has 3 amide bonds. The third kappa shape index (κ3) is 5.03. The molecular weight excluding hydrogens is 294 g/mol. The van der Waals surface area contributed by atoms with Crippen LogP contribution in [-0.2, 0) is 4.79 Å². The van der Waals surface area contributed by atoms with Crippen LogP contribution in [0, 0.1) is 6.92 Å². The van der Waals surface area contributed by atoms with Gasteiger partial charge in [-0.25, -0.2) is 4.79 Å². The van der Waals surface area contributed by atoms with E-state index >= 15 is 0 Å². The average molecular weight is 313 g/mol. The lowest BCUT2D eigenvalue weighted by molar-refractivity contribution is -0.122. The van der Waals surface area contributed by atoms with E-state index in [0.29, 0.717) is 17.1 Å². The highest BCUT2D eigenvalue weighted by Crippen LogP contribution is 2.17. The molecule has 0 aliphatic rings. The fourth-order valence-corrected chi connectivity index (χ4v) is 1.94. The normalized spacial score (nSPS) is 11.4. The number of urea groups is 1. The topological polar surface area (TPSA) is 93.4 Å². The Balaban J connectivity index is 1.97. The number of benzene rings is 2. The van der Waals surface area contributed by atoms with E-state index in [1.165, 1.54) is 0 Å². The summed E-state index contributed by atoms with van der Waals surface area (Å²) in [5.41, 5.74) is 7.23. The Hall–Kier alpha value is -3.02. The van der Waals surface area contributed by atoms with Crippen molar-refractivity contribution < 1.29 is 14.3 Å². The number of anilines is 2. The summed E-state index contributed by atoms with van der Waals surface area (Å²) in [6, 6.07) is 13.5. The Morgan fingerprint density at radius 3 is 2.26 bits per heavy atom. The van der Waals surface area contributed by atoms with Crippen LogP contribution < -0.4 is 21.1 Å². The van der Waals surface area contributed by atoms with E-state index in [0.717, 1.165) is 5.56 Å². The summed E-state index contributed by atoms with van der Waals surface area (Å²) in [5, 5.41) is 5.18. The van der Waals surface area contributed by atoms with E-state index in [4.69, 9.17) is 10.5 Å². The largest absolute Gasteiger partial charge is 0.481 e. The van der Waals surface area contributed by atoms with Crippen molar-refractivity contribution in [2.75, 3.05) is 10.6 Å². The van der Waals surface area contributed by atoms with Gasteiger partial charge in [-0.1, -0.05) is 23.8 Å². The molecule has 0 aliphatic heterocycles. The molecule has 23 heavy (non-hydrogen) atoms. The number of rotatable bonds is 5. The number of ether oxygens (including phenoxy) is 1. The summed E-state index contributed by atoms with van der Waals surface area (Å²) in [7, 11) is 0. The van der Waals surface area contributed by atoms with Crippen molar-refractivity contribution >= 4 is 23.3 Å². The molecule has 2 aromatic rings. The first kappa shape index (κ1) is 16.4. The van der Waals surface area contributed by atoms with Gasteiger partial charge in [-0.05, 0) is 44.2 Å². The maximum atomic E-state index is 12.2. The molecule has 0 spiro atoms. The molecule has 4 N–H and O–H groups in total. The maximum Gasteiger partial charge on any atom is 0.316 e. The summed E-state index contributed by atoms with van der Waals surface area (Å²) in [5.74, 6) is 0.337. The van der Waals surface area contributed by atoms with Gasteiger partial charge in [0.05, 0.1) is 0 Å². The van der Waals surface area contributed by atoms with Crippen molar-refractivity contribution in [3.8, 4) is 5.75 Å². The molecule has 6 heteroatoms. The van der Waals surface area contributed by atoms with E-state index in [1.807, 2.05) is 31.2 Å². The zero-order chi connectivity index (χ0) is 16.8. The second-order valence-corrected chi connectivity index (χ2v) is 5.13. The number of carbonyl (C=O) groups excluding carboxylic acids is 2. The van der Waals surface area contributed by atoms with Crippen molar-refractivity contribution in [1.82, 2.24) is 0 Å². The molecule has 0 saturated carbocycles. The summed E-state index contributed by atoms with van der Waals surface area (Å²) < 4.78 is 5.60. The van der Waals surface area contributed by atoms with Gasteiger partial charge in [0.15, 0.2) is 6.10 Å². The number of hydrogen-bond donors (Lipinski definition) is 3. The number of aryl methyl sites for hydroxylation is 1. The van der Waals surface area contributed by atoms with Crippen molar-refractivity contribution in [3.63, 3.8) is 0 Å². The third-order valence-corrected chi connectivity index (χ3v) is 3.10. The molecular formula is C17H19N3O3. The molecule has 0 aromatic heterocycles. The zero-order valence-electron chi connectivity index (χ0n) is 13.0. The highest BCUT2D eigenvalue weighted by Gasteiger charge is 2.15. The van der Waals surface area contributed by atoms with Crippen molar-refractivity contribution in [3.05, 3.63) is 54.1 Å². The van der Waals surface area contributed by atoms with Crippen molar-refractivity contribution in [2.24, 2.45) is 5.73 Å². The van der Waals surface area contributed by atoms with Crippen LogP contribution in [0.4, 0.5) is 16.2 Å². The fourth-order valence-electron chi connectivity index (χ4n) is 1.94. The van der Waals surface area contributed by atoms with Crippen LogP contribution in [-0.4, -0.2) is 18.0 Å². The van der Waals surface area contributed by atoms with Crippen LogP contribution in [0.1, 0.15) is 12.5 Å². The Labute approximate surface area is 134 Å². The van der Waals surface area contributed by atoms with E-state index in [-0.39, 0.29) is 5.91 Å². The van der Waals surface area contributed by atoms with Crippen LogP contribution in [0.25, 0.3) is 0 Å². The van der Waals surface area contributed by atoms with Crippen LogP contribution >= 0.6 is 0 Å². The predicted octanol–water partition coefficient (Wildman–Crippen LogP) is 2.89. The molecule has 1 atom stereocenters. The lowest BCUT2D eigenvalue weighted by Crippen LogP contribution is -2.30. The van der Waals surface area contributed by atoms with Crippen molar-refractivity contribution in [2.45, 2.75) is 20.0 Å². The Morgan fingerprint density at radius 2 is 1.65 bits per heavy atom. The number of hydrogen-bond acceptors (Lipinski definition) is 3. The highest BCUT2D eigenvalue weighted by atomic mass is 16.5. The number of nitrogens with two attached hydrogens (primary N) is 1. The van der Waals surface area contributed by atoms with Gasteiger partial charge < -0.3 is 21.1 Å². The maximum absolute atomic E-state index is 12.2. The molecule has 0 fully saturated rings. The highest BCUT2D eigenvalue weighted by molar-refractivity contribution is 5.95. The molecule has 120 valence electrons. The van der Waals surface area contributed by atoms with Gasteiger partial charge in [-0.3, -0.25) is 4.79 Å². The van der Waals surface area contributed by atoms with Crippen LogP contribution in [0.15, 0.2) is 48.5 Å². The number of primary amides is 1. The molecule has 0 aliphatic carbocycles. The number of carbonyl (C=O) groups is 2. The number of amides is 3. The monoisotopic (exact) mass is 313 g/mol. The van der Waals surface area contributed by atoms with Gasteiger partial charge in [-0.2, -0.15) is 0 Å². The first-order valence-electron chi connectivity index (χ1n) is 7.15. The molecule has 0 bridgehead atoms. The minimum absolute atomic E-state index is 0.290. The van der Waals surface area contributed by atoms with Gasteiger partial charge >= 0.3 is 6.03 Å². The standard InChI is InChI=1S/C17H19N3O3/c1-11-6-8-15(9-7-11)23-12(2)16(21)19-13-4-3-5-14(10-13)20-17(18)22/h3-10,12H,1-2H3,(H,19,21)(H3,18,20,22). The minimum Gasteiger partial charge on any atom is -0.481 e. The smallest absolute Gasteiger partial charge is 0.316 e. The quantitative estimate of drug-likeness (QED) is 0.792. The van der Waals surface area contributed by atoms with Crippen LogP contribution in [0.2, 0.25) is 0 Å². The summed E-state index contributed by atoms with van der Waals surface area (Å²) in [6.45, 7) is 3.65. The molecule has 1 unspecified atom stereocenters. The second kappa shape index (κ2) is 7.31. The van der Waals surface area contributed by atoms with Gasteiger partial charge in [0.1, 0.15) is 5.75 Å². The van der Waals surface area contributed by atoms with Gasteiger partial charge in [0.2, 0.25) is 0 Å². The third-order valence-electron chi connectivity index (χ3n) is 3.10. The minimum atomic E-state index is -0.662. The van der Waals surface area contributed by atoms with Gasteiger partial charge in [0, 0.05) is 11.4 Å². The van der Waals surface area contributed by atoms with Crippen LogP contribution in [0.3, 0.4) is 0 Å². The molecule has 2 rings (SSSR count). The second-order valence-electron chi connectivity index (χ2n) is 5.13. The molecule has 2 aromatic carbocycles. The Morgan fingerprint density at radius 1 is 1.04 bits per heavy atom. The summed E-state index contributed by atoms with van der Waals surface area (Å²) in [4.78, 5) is 23.0. The predicted molar refractivity (Wildman–Crippen MR) is 89.5 cm³/mol.